The number of carbonyl (C=O) groups excluding carboxylic acids is 1. The molecular formula is C26H29NO6. The smallest absolute Gasteiger partial charge is 0.326 e. The second-order valence-corrected chi connectivity index (χ2v) is 7.82. The highest BCUT2D eigenvalue weighted by Crippen LogP contribution is 2.42. The molecule has 174 valence electrons. The van der Waals surface area contributed by atoms with E-state index in [2.05, 4.69) is 5.32 Å². The van der Waals surface area contributed by atoms with Crippen LogP contribution in [-0.2, 0) is 9.59 Å². The molecule has 1 atom stereocenters. The fraction of sp³-hybridized carbons (Fsp3) is 0.308. The molecule has 0 saturated heterocycles. The molecule has 3 aromatic rings. The molecule has 1 heterocycles. The lowest BCUT2D eigenvalue weighted by Crippen LogP contribution is -2.39. The van der Waals surface area contributed by atoms with Crippen LogP contribution in [0.1, 0.15) is 37.8 Å². The molecule has 2 N–H and O–H groups in total. The number of ether oxygens (including phenoxy) is 2. The van der Waals surface area contributed by atoms with E-state index in [1.165, 1.54) is 6.08 Å². The topological polar surface area (TPSA) is 98.0 Å². The van der Waals surface area contributed by atoms with Gasteiger partial charge in [0, 0.05) is 33.7 Å². The number of allylic oxidation sites excluding steroid dienone is 1. The number of furan rings is 1. The number of aryl methyl sites for hydroxylation is 1. The van der Waals surface area contributed by atoms with Crippen LogP contribution in [0.25, 0.3) is 27.7 Å². The highest BCUT2D eigenvalue weighted by atomic mass is 16.5. The summed E-state index contributed by atoms with van der Waals surface area (Å²) in [4.78, 5) is 24.0. The molecule has 0 saturated carbocycles. The second-order valence-electron chi connectivity index (χ2n) is 7.82. The number of rotatable bonds is 9. The Balaban J connectivity index is 2.09. The first-order valence-electron chi connectivity index (χ1n) is 10.8. The van der Waals surface area contributed by atoms with Crippen LogP contribution in [0, 0.1) is 6.92 Å². The maximum Gasteiger partial charge on any atom is 0.326 e. The number of nitrogens with one attached hydrogen (secondary N) is 1. The van der Waals surface area contributed by atoms with Gasteiger partial charge in [-0.3, -0.25) is 4.79 Å². The first kappa shape index (κ1) is 23.9. The van der Waals surface area contributed by atoms with E-state index in [9.17, 15) is 14.7 Å². The van der Waals surface area contributed by atoms with Crippen LogP contribution < -0.4 is 14.8 Å². The Bertz CT molecular complexity index is 1210. The summed E-state index contributed by atoms with van der Waals surface area (Å²) < 4.78 is 17.1. The number of hydrogen-bond acceptors (Lipinski definition) is 5. The summed E-state index contributed by atoms with van der Waals surface area (Å²) in [5.74, 6) is -0.206. The summed E-state index contributed by atoms with van der Waals surface area (Å²) in [7, 11) is 3.19. The van der Waals surface area contributed by atoms with Crippen molar-refractivity contribution in [3.05, 3.63) is 53.8 Å². The minimum absolute atomic E-state index is 0.361. The molecule has 0 aliphatic carbocycles. The van der Waals surface area contributed by atoms with Gasteiger partial charge >= 0.3 is 5.97 Å². The highest BCUT2D eigenvalue weighted by molar-refractivity contribution is 6.02. The van der Waals surface area contributed by atoms with Crippen LogP contribution in [0.5, 0.6) is 11.5 Å². The van der Waals surface area contributed by atoms with Crippen molar-refractivity contribution in [2.24, 2.45) is 0 Å². The maximum absolute atomic E-state index is 12.6. The number of carboxylic acid groups (broad SMARTS) is 1. The summed E-state index contributed by atoms with van der Waals surface area (Å²) in [5, 5.41) is 12.7. The van der Waals surface area contributed by atoms with E-state index in [-0.39, 0.29) is 0 Å². The molecule has 0 spiro atoms. The van der Waals surface area contributed by atoms with Crippen LogP contribution in [0.15, 0.2) is 47.1 Å². The third kappa shape index (κ3) is 4.87. The van der Waals surface area contributed by atoms with E-state index in [1.54, 1.807) is 27.4 Å². The van der Waals surface area contributed by atoms with Gasteiger partial charge in [-0.2, -0.15) is 0 Å². The average Bonchev–Trinajstić information content (AvgIpc) is 3.22. The fourth-order valence-corrected chi connectivity index (χ4v) is 3.98. The molecule has 0 fully saturated rings. The first-order chi connectivity index (χ1) is 15.8. The standard InChI is InChI=1S/C26H29NO6/c1-6-9-21(26(29)30)27-23(28)12-15(2)18-13-19-20(17-10-7-8-11-22(17)31-4)14-33-25(19)16(3)24(18)32-5/h7-8,10-14,21H,6,9H2,1-5H3,(H,27,28)(H,29,30)/b15-12+. The van der Waals surface area contributed by atoms with E-state index in [1.807, 2.05) is 44.2 Å². The van der Waals surface area contributed by atoms with Crippen LogP contribution >= 0.6 is 0 Å². The number of hydrogen-bond donors (Lipinski definition) is 2. The van der Waals surface area contributed by atoms with Gasteiger partial charge in [0.1, 0.15) is 23.1 Å². The van der Waals surface area contributed by atoms with Crippen LogP contribution in [-0.4, -0.2) is 37.2 Å². The van der Waals surface area contributed by atoms with Gasteiger partial charge in [-0.25, -0.2) is 4.79 Å². The molecule has 33 heavy (non-hydrogen) atoms. The van der Waals surface area contributed by atoms with Crippen molar-refractivity contribution in [1.29, 1.82) is 0 Å². The van der Waals surface area contributed by atoms with Crippen LogP contribution in [0.2, 0.25) is 0 Å². The van der Waals surface area contributed by atoms with Gasteiger partial charge in [0.2, 0.25) is 5.91 Å². The van der Waals surface area contributed by atoms with Gasteiger partial charge in [-0.05, 0) is 38.0 Å². The van der Waals surface area contributed by atoms with Gasteiger partial charge in [-0.1, -0.05) is 31.5 Å². The molecule has 7 nitrogen and oxygen atoms in total. The van der Waals surface area contributed by atoms with Crippen molar-refractivity contribution in [2.45, 2.75) is 39.7 Å². The Labute approximate surface area is 193 Å². The summed E-state index contributed by atoms with van der Waals surface area (Å²) >= 11 is 0. The number of methoxy groups -OCH3 is 2. The SMILES string of the molecule is CCCC(NC(=O)/C=C(\C)c1cc2c(-c3ccccc3OC)coc2c(C)c1OC)C(=O)O. The van der Waals surface area contributed by atoms with Gasteiger partial charge in [0.25, 0.3) is 0 Å². The Morgan fingerprint density at radius 3 is 2.55 bits per heavy atom. The van der Waals surface area contributed by atoms with Crippen molar-refractivity contribution in [2.75, 3.05) is 14.2 Å². The zero-order valence-electron chi connectivity index (χ0n) is 19.5. The molecule has 7 heteroatoms. The minimum atomic E-state index is -1.05. The highest BCUT2D eigenvalue weighted by Gasteiger charge is 2.21. The van der Waals surface area contributed by atoms with Crippen molar-refractivity contribution < 1.29 is 28.6 Å². The molecular weight excluding hydrogens is 422 g/mol. The maximum atomic E-state index is 12.6. The fourth-order valence-electron chi connectivity index (χ4n) is 3.98. The lowest BCUT2D eigenvalue weighted by molar-refractivity contribution is -0.141. The van der Waals surface area contributed by atoms with Gasteiger partial charge in [0.05, 0.1) is 20.5 Å². The number of carbonyl (C=O) groups is 2. The molecule has 0 aliphatic rings. The zero-order valence-corrected chi connectivity index (χ0v) is 19.5. The molecule has 0 radical (unpaired) electrons. The number of aliphatic carboxylic acids is 1. The largest absolute Gasteiger partial charge is 0.496 e. The van der Waals surface area contributed by atoms with Gasteiger partial charge in [0.15, 0.2) is 0 Å². The Kier molecular flexibility index (Phi) is 7.43. The van der Waals surface area contributed by atoms with Crippen LogP contribution in [0.4, 0.5) is 0 Å². The van der Waals surface area contributed by atoms with E-state index in [0.717, 1.165) is 33.4 Å². The molecule has 1 unspecified atom stereocenters. The molecule has 1 aromatic heterocycles. The van der Waals surface area contributed by atoms with E-state index in [0.29, 0.717) is 29.7 Å². The third-order valence-electron chi connectivity index (χ3n) is 5.61. The number of carboxylic acids is 1. The molecule has 0 bridgehead atoms. The Hall–Kier alpha value is -3.74. The molecule has 2 aromatic carbocycles. The Morgan fingerprint density at radius 2 is 1.91 bits per heavy atom. The monoisotopic (exact) mass is 451 g/mol. The number of benzene rings is 2. The zero-order chi connectivity index (χ0) is 24.1. The van der Waals surface area contributed by atoms with Crippen molar-refractivity contribution >= 4 is 28.4 Å². The summed E-state index contributed by atoms with van der Waals surface area (Å²) in [6, 6.07) is 8.67. The van der Waals surface area contributed by atoms with Gasteiger partial charge in [-0.15, -0.1) is 0 Å². The van der Waals surface area contributed by atoms with E-state index < -0.39 is 17.9 Å². The summed E-state index contributed by atoms with van der Waals surface area (Å²) in [5.41, 5.74) is 4.59. The van der Waals surface area contributed by atoms with Crippen molar-refractivity contribution in [3.63, 3.8) is 0 Å². The molecule has 0 aliphatic heterocycles. The average molecular weight is 452 g/mol. The predicted molar refractivity (Wildman–Crippen MR) is 128 cm³/mol. The van der Waals surface area contributed by atoms with E-state index >= 15 is 0 Å². The number of para-hydroxylation sites is 1. The van der Waals surface area contributed by atoms with Gasteiger partial charge < -0.3 is 24.3 Å². The van der Waals surface area contributed by atoms with Crippen LogP contribution in [0.3, 0.4) is 0 Å². The summed E-state index contributed by atoms with van der Waals surface area (Å²) in [6.45, 7) is 5.56. The first-order valence-corrected chi connectivity index (χ1v) is 10.8. The molecule has 1 amide bonds. The molecule has 3 rings (SSSR count). The third-order valence-corrected chi connectivity index (χ3v) is 5.61. The van der Waals surface area contributed by atoms with Crippen molar-refractivity contribution in [3.8, 4) is 22.6 Å². The van der Waals surface area contributed by atoms with Crippen molar-refractivity contribution in [1.82, 2.24) is 5.32 Å². The minimum Gasteiger partial charge on any atom is -0.496 e. The second kappa shape index (κ2) is 10.3. The number of amides is 1. The predicted octanol–water partition coefficient (Wildman–Crippen LogP) is 5.20. The summed E-state index contributed by atoms with van der Waals surface area (Å²) in [6.07, 6.45) is 4.10. The lowest BCUT2D eigenvalue weighted by Gasteiger charge is -2.15. The van der Waals surface area contributed by atoms with E-state index in [4.69, 9.17) is 13.9 Å². The Morgan fingerprint density at radius 1 is 1.18 bits per heavy atom. The number of fused-ring (bicyclic) bond motifs is 1. The normalized spacial score (nSPS) is 12.5. The lowest BCUT2D eigenvalue weighted by atomic mass is 9.96. The quantitative estimate of drug-likeness (QED) is 0.434.